The minimum atomic E-state index is -3.89. The van der Waals surface area contributed by atoms with Crippen molar-refractivity contribution in [2.45, 2.75) is 101 Å². The van der Waals surface area contributed by atoms with Gasteiger partial charge in [-0.15, -0.1) is 21.6 Å². The first-order chi connectivity index (χ1) is 24.2. The Kier molecular flexibility index (Phi) is 9.87. The molecule has 0 spiro atoms. The highest BCUT2D eigenvalue weighted by atomic mass is 32.2. The number of tetrazole rings is 1. The lowest BCUT2D eigenvalue weighted by Gasteiger charge is -2.35. The fraction of sp³-hybridized carbons (Fsp3) is 0.618. The lowest BCUT2D eigenvalue weighted by atomic mass is 9.85. The van der Waals surface area contributed by atoms with Gasteiger partial charge < -0.3 is 25.0 Å². The summed E-state index contributed by atoms with van der Waals surface area (Å²) in [5.41, 5.74) is -0.723. The van der Waals surface area contributed by atoms with E-state index in [1.807, 2.05) is 18.2 Å². The molecule has 16 nitrogen and oxygen atoms in total. The Balaban J connectivity index is 1.33. The molecule has 3 fully saturated rings. The second kappa shape index (κ2) is 13.9. The first-order valence-corrected chi connectivity index (χ1v) is 18.9. The number of amides is 4. The molecule has 2 aliphatic heterocycles. The largest absolute Gasteiger partial charge is 0.496 e. The SMILES string of the molecule is C=CC1C[C@]1(NC(=O)[C@@H]1C[C@@H]2CN1C(=O)[C@H](C(C)(C)C)NC(=O)OCCCCCc1cc(ccc1OC)-n1nnc2n1)C(=O)NS(=O)(=O)C1CC1. The molecule has 17 heteroatoms. The van der Waals surface area contributed by atoms with Gasteiger partial charge in [0, 0.05) is 18.4 Å². The first kappa shape index (κ1) is 36.3. The molecule has 6 rings (SSSR count). The fourth-order valence-electron chi connectivity index (χ4n) is 6.85. The molecule has 1 aromatic carbocycles. The van der Waals surface area contributed by atoms with Crippen LogP contribution in [0.5, 0.6) is 5.75 Å². The summed E-state index contributed by atoms with van der Waals surface area (Å²) in [5, 5.41) is 18.1. The Labute approximate surface area is 297 Å². The van der Waals surface area contributed by atoms with Crippen molar-refractivity contribution in [1.82, 2.24) is 40.5 Å². The average Bonchev–Trinajstić information content (AvgIpc) is 3.96. The van der Waals surface area contributed by atoms with Crippen LogP contribution in [0.1, 0.15) is 83.0 Å². The molecule has 4 amide bonds. The second-order valence-corrected chi connectivity index (χ2v) is 16.9. The van der Waals surface area contributed by atoms with E-state index in [2.05, 4.69) is 37.3 Å². The fourth-order valence-corrected chi connectivity index (χ4v) is 8.21. The van der Waals surface area contributed by atoms with Crippen LogP contribution in [-0.2, 0) is 35.6 Å². The number of fused-ring (bicyclic) bond motifs is 8. The molecule has 276 valence electrons. The zero-order chi connectivity index (χ0) is 36.7. The summed E-state index contributed by atoms with van der Waals surface area (Å²) < 4.78 is 38.5. The normalized spacial score (nSPS) is 27.2. The highest BCUT2D eigenvalue weighted by Crippen LogP contribution is 2.46. The van der Waals surface area contributed by atoms with Gasteiger partial charge in [0.1, 0.15) is 23.4 Å². The summed E-state index contributed by atoms with van der Waals surface area (Å²) in [6, 6.07) is 3.38. The Morgan fingerprint density at radius 1 is 1.18 bits per heavy atom. The van der Waals surface area contributed by atoms with Crippen LogP contribution >= 0.6 is 0 Å². The van der Waals surface area contributed by atoms with Crippen molar-refractivity contribution in [3.8, 4) is 11.4 Å². The molecule has 0 radical (unpaired) electrons. The van der Waals surface area contributed by atoms with Crippen molar-refractivity contribution in [2.24, 2.45) is 11.3 Å². The molecule has 4 aliphatic rings. The summed E-state index contributed by atoms with van der Waals surface area (Å²) in [5.74, 6) is -2.06. The highest BCUT2D eigenvalue weighted by molar-refractivity contribution is 7.91. The maximum absolute atomic E-state index is 14.4. The summed E-state index contributed by atoms with van der Waals surface area (Å²) in [7, 11) is -2.29. The average molecular weight is 727 g/mol. The molecular formula is C34H46N8O8S. The first-order valence-electron chi connectivity index (χ1n) is 17.4. The number of hydrogen-bond acceptors (Lipinski definition) is 11. The van der Waals surface area contributed by atoms with E-state index in [9.17, 15) is 27.6 Å². The molecule has 3 N–H and O–H groups in total. The summed E-state index contributed by atoms with van der Waals surface area (Å²) in [6.07, 6.45) is 4.80. The van der Waals surface area contributed by atoms with Crippen molar-refractivity contribution >= 4 is 33.8 Å². The number of benzene rings is 1. The van der Waals surface area contributed by atoms with E-state index in [0.717, 1.165) is 24.2 Å². The number of ether oxygens (including phenoxy) is 2. The number of methoxy groups -OCH3 is 1. The number of nitrogens with zero attached hydrogens (tertiary/aromatic N) is 5. The molecule has 1 saturated heterocycles. The molecule has 1 unspecified atom stereocenters. The third-order valence-electron chi connectivity index (χ3n) is 10.1. The second-order valence-electron chi connectivity index (χ2n) is 14.9. The van der Waals surface area contributed by atoms with Crippen LogP contribution in [0.15, 0.2) is 30.9 Å². The van der Waals surface area contributed by atoms with E-state index in [0.29, 0.717) is 37.2 Å². The molecule has 2 aromatic rings. The zero-order valence-corrected chi connectivity index (χ0v) is 30.2. The van der Waals surface area contributed by atoms with Gasteiger partial charge in [0.05, 0.1) is 24.7 Å². The van der Waals surface area contributed by atoms with Crippen LogP contribution in [0.3, 0.4) is 0 Å². The topological polar surface area (TPSA) is 204 Å². The van der Waals surface area contributed by atoms with Crippen molar-refractivity contribution in [1.29, 1.82) is 0 Å². The van der Waals surface area contributed by atoms with Crippen molar-refractivity contribution < 1.29 is 37.1 Å². The van der Waals surface area contributed by atoms with Gasteiger partial charge in [-0.05, 0) is 85.8 Å². The molecule has 2 aliphatic carbocycles. The molecular weight excluding hydrogens is 680 g/mol. The van der Waals surface area contributed by atoms with Crippen LogP contribution < -0.4 is 20.1 Å². The molecule has 2 saturated carbocycles. The monoisotopic (exact) mass is 726 g/mol. The Hall–Kier alpha value is -4.54. The number of nitrogens with one attached hydrogen (secondary N) is 3. The standard InChI is InChI=1S/C34H46N8O8S/c1-6-22-18-34(22,31(45)39-51(47,48)24-12-13-24)36-29(43)25-17-21-19-41(25)30(44)27(33(2,3)4)35-32(46)50-15-9-7-8-10-20-16-23(11-14-26(20)49-5)42-38-28(21)37-40-42/h6,11,14,16,21-22,24-25,27H,1,7-10,12-13,15,17-19H2,2-5H3,(H,35,46)(H,36,43)(H,39,45)/t21-,22?,25+,27-,34-/m1/s1. The van der Waals surface area contributed by atoms with Crippen LogP contribution in [-0.4, -0.2) is 100 Å². The van der Waals surface area contributed by atoms with Gasteiger partial charge >= 0.3 is 6.09 Å². The van der Waals surface area contributed by atoms with Gasteiger partial charge in [0.25, 0.3) is 5.91 Å². The number of aryl methyl sites for hydroxylation is 1. The predicted molar refractivity (Wildman–Crippen MR) is 183 cm³/mol. The van der Waals surface area contributed by atoms with Crippen molar-refractivity contribution in [3.63, 3.8) is 0 Å². The number of sulfonamides is 1. The van der Waals surface area contributed by atoms with Crippen molar-refractivity contribution in [3.05, 3.63) is 42.2 Å². The minimum Gasteiger partial charge on any atom is -0.496 e. The van der Waals surface area contributed by atoms with E-state index in [-0.39, 0.29) is 26.0 Å². The van der Waals surface area contributed by atoms with Gasteiger partial charge in [-0.2, -0.15) is 0 Å². The maximum Gasteiger partial charge on any atom is 0.407 e. The number of hydrogen-bond donors (Lipinski definition) is 3. The quantitative estimate of drug-likeness (QED) is 0.352. The maximum atomic E-state index is 14.4. The predicted octanol–water partition coefficient (Wildman–Crippen LogP) is 1.89. The van der Waals surface area contributed by atoms with Gasteiger partial charge in [-0.25, -0.2) is 13.2 Å². The third kappa shape index (κ3) is 7.58. The van der Waals surface area contributed by atoms with Crippen LogP contribution in [0.4, 0.5) is 4.79 Å². The number of carbonyl (C=O) groups is 4. The lowest BCUT2D eigenvalue weighted by Crippen LogP contribution is -2.60. The van der Waals surface area contributed by atoms with Crippen LogP contribution in [0.2, 0.25) is 0 Å². The minimum absolute atomic E-state index is 0.0138. The lowest BCUT2D eigenvalue weighted by molar-refractivity contribution is -0.142. The molecule has 1 aromatic heterocycles. The van der Waals surface area contributed by atoms with E-state index in [4.69, 9.17) is 9.47 Å². The van der Waals surface area contributed by atoms with E-state index >= 15 is 0 Å². The van der Waals surface area contributed by atoms with Gasteiger partial charge in [0.15, 0.2) is 5.82 Å². The Bertz CT molecular complexity index is 1820. The summed E-state index contributed by atoms with van der Waals surface area (Å²) >= 11 is 0. The van der Waals surface area contributed by atoms with Gasteiger partial charge in [-0.3, -0.25) is 19.1 Å². The van der Waals surface area contributed by atoms with Crippen LogP contribution in [0, 0.1) is 11.3 Å². The number of rotatable bonds is 7. The number of alkyl carbamates (subject to hydrolysis) is 1. The molecule has 5 atom stereocenters. The Morgan fingerprint density at radius 3 is 2.61 bits per heavy atom. The summed E-state index contributed by atoms with van der Waals surface area (Å²) in [4.78, 5) is 57.8. The molecule has 3 heterocycles. The summed E-state index contributed by atoms with van der Waals surface area (Å²) in [6.45, 7) is 9.31. The number of aromatic nitrogens is 4. The zero-order valence-electron chi connectivity index (χ0n) is 29.4. The number of carbonyl (C=O) groups excluding carboxylic acids is 4. The van der Waals surface area contributed by atoms with Crippen molar-refractivity contribution in [2.75, 3.05) is 20.3 Å². The van der Waals surface area contributed by atoms with Gasteiger partial charge in [0.2, 0.25) is 21.8 Å². The Morgan fingerprint density at radius 2 is 1.94 bits per heavy atom. The third-order valence-corrected chi connectivity index (χ3v) is 11.9. The van der Waals surface area contributed by atoms with Crippen LogP contribution in [0.25, 0.3) is 5.69 Å². The number of cyclic esters (lactones) is 1. The van der Waals surface area contributed by atoms with Gasteiger partial charge in [-0.1, -0.05) is 26.8 Å². The highest BCUT2D eigenvalue weighted by Gasteiger charge is 2.62. The molecule has 6 bridgehead atoms. The van der Waals surface area contributed by atoms with E-state index in [1.54, 1.807) is 27.9 Å². The van der Waals surface area contributed by atoms with E-state index in [1.165, 1.54) is 15.8 Å². The smallest absolute Gasteiger partial charge is 0.407 e. The molecule has 51 heavy (non-hydrogen) atoms. The van der Waals surface area contributed by atoms with E-state index < -0.39 is 74.0 Å².